The lowest BCUT2D eigenvalue weighted by atomic mass is 9.86. The summed E-state index contributed by atoms with van der Waals surface area (Å²) >= 11 is 0. The summed E-state index contributed by atoms with van der Waals surface area (Å²) in [5.41, 5.74) is 0.315. The quantitative estimate of drug-likeness (QED) is 0.820. The smallest absolute Gasteiger partial charge is 0.262 e. The van der Waals surface area contributed by atoms with Crippen LogP contribution in [0.4, 0.5) is 8.78 Å². The largest absolute Gasteiger partial charge is 0.351 e. The maximum absolute atomic E-state index is 13.0. The minimum absolute atomic E-state index is 0. The molecule has 0 aromatic rings. The van der Waals surface area contributed by atoms with E-state index in [1.807, 2.05) is 0 Å². The molecule has 2 unspecified atom stereocenters. The highest BCUT2D eigenvalue weighted by Gasteiger charge is 2.55. The SMILES string of the molecule is Cl.O=C(NC1CC12CCCCC2)C1CC(F)(F)CN1. The molecule has 1 aliphatic heterocycles. The molecule has 2 atom stereocenters. The summed E-state index contributed by atoms with van der Waals surface area (Å²) in [4.78, 5) is 11.9. The summed E-state index contributed by atoms with van der Waals surface area (Å²) in [6.45, 7) is -0.374. The van der Waals surface area contributed by atoms with Crippen LogP contribution in [0.15, 0.2) is 0 Å². The van der Waals surface area contributed by atoms with Crippen LogP contribution in [0, 0.1) is 5.41 Å². The second-order valence-electron chi connectivity index (χ2n) is 6.18. The van der Waals surface area contributed by atoms with Crippen LogP contribution in [0.25, 0.3) is 0 Å². The monoisotopic (exact) mass is 294 g/mol. The van der Waals surface area contributed by atoms with Crippen molar-refractivity contribution in [3.63, 3.8) is 0 Å². The van der Waals surface area contributed by atoms with E-state index in [1.165, 1.54) is 32.1 Å². The van der Waals surface area contributed by atoms with E-state index in [-0.39, 0.29) is 37.3 Å². The molecule has 0 bridgehead atoms. The molecule has 19 heavy (non-hydrogen) atoms. The van der Waals surface area contributed by atoms with Crippen molar-refractivity contribution in [2.24, 2.45) is 5.41 Å². The molecule has 2 saturated carbocycles. The summed E-state index contributed by atoms with van der Waals surface area (Å²) in [5.74, 6) is -2.96. The van der Waals surface area contributed by atoms with Crippen LogP contribution in [0.3, 0.4) is 0 Å². The maximum atomic E-state index is 13.0. The lowest BCUT2D eigenvalue weighted by molar-refractivity contribution is -0.123. The van der Waals surface area contributed by atoms with Crippen molar-refractivity contribution >= 4 is 18.3 Å². The maximum Gasteiger partial charge on any atom is 0.262 e. The topological polar surface area (TPSA) is 41.1 Å². The number of carbonyl (C=O) groups is 1. The summed E-state index contributed by atoms with van der Waals surface area (Å²) < 4.78 is 26.0. The second-order valence-corrected chi connectivity index (χ2v) is 6.18. The lowest BCUT2D eigenvalue weighted by Gasteiger charge is -2.23. The van der Waals surface area contributed by atoms with Crippen molar-refractivity contribution in [3.8, 4) is 0 Å². The Hall–Kier alpha value is -0.420. The third kappa shape index (κ3) is 3.02. The number of carbonyl (C=O) groups excluding carboxylic acids is 1. The van der Waals surface area contributed by atoms with Gasteiger partial charge in [-0.3, -0.25) is 10.1 Å². The van der Waals surface area contributed by atoms with Crippen molar-refractivity contribution in [2.75, 3.05) is 6.54 Å². The minimum Gasteiger partial charge on any atom is -0.351 e. The number of halogens is 3. The zero-order valence-corrected chi connectivity index (χ0v) is 11.7. The first kappa shape index (κ1) is 15.0. The molecule has 0 aromatic heterocycles. The Morgan fingerprint density at radius 2 is 1.84 bits per heavy atom. The molecule has 1 amide bonds. The van der Waals surface area contributed by atoms with E-state index in [4.69, 9.17) is 0 Å². The van der Waals surface area contributed by atoms with Crippen molar-refractivity contribution in [1.82, 2.24) is 10.6 Å². The number of hydrogen-bond donors (Lipinski definition) is 2. The van der Waals surface area contributed by atoms with E-state index < -0.39 is 12.0 Å². The predicted octanol–water partition coefficient (Wildman–Crippen LogP) is 2.24. The lowest BCUT2D eigenvalue weighted by Crippen LogP contribution is -2.42. The average Bonchev–Trinajstić information content (AvgIpc) is 2.81. The number of hydrogen-bond acceptors (Lipinski definition) is 2. The number of alkyl halides is 2. The van der Waals surface area contributed by atoms with E-state index in [2.05, 4.69) is 10.6 Å². The molecule has 1 heterocycles. The van der Waals surface area contributed by atoms with Crippen LogP contribution in [-0.4, -0.2) is 30.5 Å². The summed E-state index contributed by atoms with van der Waals surface area (Å²) in [5, 5.41) is 5.57. The molecular weight excluding hydrogens is 274 g/mol. The fourth-order valence-electron chi connectivity index (χ4n) is 3.53. The second kappa shape index (κ2) is 5.17. The Kier molecular flexibility index (Phi) is 4.07. The van der Waals surface area contributed by atoms with Crippen molar-refractivity contribution in [2.45, 2.75) is 63.0 Å². The molecule has 0 radical (unpaired) electrons. The molecule has 3 rings (SSSR count). The Balaban J connectivity index is 0.00000133. The molecule has 3 nitrogen and oxygen atoms in total. The number of rotatable bonds is 2. The van der Waals surface area contributed by atoms with Gasteiger partial charge in [0.2, 0.25) is 5.91 Å². The Morgan fingerprint density at radius 1 is 1.16 bits per heavy atom. The van der Waals surface area contributed by atoms with Gasteiger partial charge in [0.1, 0.15) is 0 Å². The fraction of sp³-hybridized carbons (Fsp3) is 0.923. The standard InChI is InChI=1S/C13H20F2N2O.ClH/c14-13(15)6-9(16-8-13)11(18)17-10-7-12(10)4-2-1-3-5-12;/h9-10,16H,1-8H2,(H,17,18);1H. The van der Waals surface area contributed by atoms with Gasteiger partial charge < -0.3 is 5.32 Å². The van der Waals surface area contributed by atoms with Crippen molar-refractivity contribution in [1.29, 1.82) is 0 Å². The third-order valence-electron chi connectivity index (χ3n) is 4.78. The van der Waals surface area contributed by atoms with Gasteiger partial charge in [-0.15, -0.1) is 12.4 Å². The predicted molar refractivity (Wildman–Crippen MR) is 70.7 cm³/mol. The highest BCUT2D eigenvalue weighted by molar-refractivity contribution is 5.85. The van der Waals surface area contributed by atoms with Gasteiger partial charge in [0.05, 0.1) is 12.6 Å². The molecule has 1 spiro atoms. The van der Waals surface area contributed by atoms with E-state index >= 15 is 0 Å². The normalized spacial score (nSPS) is 34.6. The molecule has 1 saturated heterocycles. The number of nitrogens with one attached hydrogen (secondary N) is 2. The zero-order chi connectivity index (χ0) is 12.8. The van der Waals surface area contributed by atoms with Crippen LogP contribution in [0.1, 0.15) is 44.9 Å². The molecule has 2 N–H and O–H groups in total. The minimum atomic E-state index is -2.73. The summed E-state index contributed by atoms with van der Waals surface area (Å²) in [7, 11) is 0. The van der Waals surface area contributed by atoms with Gasteiger partial charge in [-0.2, -0.15) is 0 Å². The highest BCUT2D eigenvalue weighted by Crippen LogP contribution is 2.56. The van der Waals surface area contributed by atoms with Crippen LogP contribution in [0.2, 0.25) is 0 Å². The first-order chi connectivity index (χ1) is 8.51. The molecule has 2 aliphatic carbocycles. The molecule has 6 heteroatoms. The Labute approximate surface area is 118 Å². The summed E-state index contributed by atoms with van der Waals surface area (Å²) in [6, 6.07) is -0.470. The molecular formula is C13H21ClF2N2O. The van der Waals surface area contributed by atoms with Crippen LogP contribution in [-0.2, 0) is 4.79 Å². The average molecular weight is 295 g/mol. The Morgan fingerprint density at radius 3 is 2.42 bits per heavy atom. The van der Waals surface area contributed by atoms with Crippen molar-refractivity contribution < 1.29 is 13.6 Å². The summed E-state index contributed by atoms with van der Waals surface area (Å²) in [6.07, 6.45) is 6.83. The first-order valence-electron chi connectivity index (χ1n) is 6.92. The van der Waals surface area contributed by atoms with Gasteiger partial charge in [-0.1, -0.05) is 19.3 Å². The van der Waals surface area contributed by atoms with Gasteiger partial charge in [-0.25, -0.2) is 8.78 Å². The fourth-order valence-corrected chi connectivity index (χ4v) is 3.53. The molecule has 3 aliphatic rings. The first-order valence-corrected chi connectivity index (χ1v) is 6.92. The molecule has 3 fully saturated rings. The van der Waals surface area contributed by atoms with E-state index in [0.717, 1.165) is 6.42 Å². The van der Waals surface area contributed by atoms with Crippen LogP contribution < -0.4 is 10.6 Å². The van der Waals surface area contributed by atoms with Gasteiger partial charge in [0.25, 0.3) is 5.92 Å². The van der Waals surface area contributed by atoms with Crippen LogP contribution >= 0.6 is 12.4 Å². The Bertz CT molecular complexity index is 359. The van der Waals surface area contributed by atoms with Gasteiger partial charge in [0.15, 0.2) is 0 Å². The van der Waals surface area contributed by atoms with E-state index in [9.17, 15) is 13.6 Å². The van der Waals surface area contributed by atoms with E-state index in [0.29, 0.717) is 5.41 Å². The van der Waals surface area contributed by atoms with Crippen molar-refractivity contribution in [3.05, 3.63) is 0 Å². The van der Waals surface area contributed by atoms with E-state index in [1.54, 1.807) is 0 Å². The van der Waals surface area contributed by atoms with Gasteiger partial charge in [0, 0.05) is 12.5 Å². The third-order valence-corrected chi connectivity index (χ3v) is 4.78. The molecule has 0 aromatic carbocycles. The molecule has 110 valence electrons. The zero-order valence-electron chi connectivity index (χ0n) is 10.9. The van der Waals surface area contributed by atoms with Gasteiger partial charge in [-0.05, 0) is 24.7 Å². The van der Waals surface area contributed by atoms with Crippen LogP contribution in [0.5, 0.6) is 0 Å². The highest BCUT2D eigenvalue weighted by atomic mass is 35.5. The number of amides is 1. The van der Waals surface area contributed by atoms with Gasteiger partial charge >= 0.3 is 0 Å².